The first-order valence-electron chi connectivity index (χ1n) is 7.25. The largest absolute Gasteiger partial charge is 0.480 e. The van der Waals surface area contributed by atoms with Crippen molar-refractivity contribution in [1.82, 2.24) is 20.6 Å². The highest BCUT2D eigenvalue weighted by Crippen LogP contribution is 2.06. The molecule has 1 aromatic heterocycles. The third-order valence-electron chi connectivity index (χ3n) is 3.12. The van der Waals surface area contributed by atoms with Gasteiger partial charge in [-0.2, -0.15) is 0 Å². The van der Waals surface area contributed by atoms with Gasteiger partial charge in [-0.05, 0) is 12.3 Å². The average molecular weight is 326 g/mol. The Hall–Kier alpha value is -2.42. The van der Waals surface area contributed by atoms with Crippen molar-refractivity contribution in [3.63, 3.8) is 0 Å². The Kier molecular flexibility index (Phi) is 7.20. The molecule has 5 N–H and O–H groups in total. The number of amides is 1. The molecule has 0 fully saturated rings. The van der Waals surface area contributed by atoms with Crippen LogP contribution in [0.5, 0.6) is 0 Å². The Bertz CT molecular complexity index is 529. The zero-order valence-electron chi connectivity index (χ0n) is 13.1. The van der Waals surface area contributed by atoms with Crippen LogP contribution in [-0.4, -0.2) is 56.7 Å². The molecule has 9 nitrogen and oxygen atoms in total. The van der Waals surface area contributed by atoms with Crippen molar-refractivity contribution in [2.75, 3.05) is 6.54 Å². The Morgan fingerprint density at radius 1 is 1.26 bits per heavy atom. The van der Waals surface area contributed by atoms with E-state index in [-0.39, 0.29) is 18.8 Å². The van der Waals surface area contributed by atoms with Crippen LogP contribution in [0.15, 0.2) is 12.5 Å². The molecule has 0 unspecified atom stereocenters. The molecule has 9 heteroatoms. The van der Waals surface area contributed by atoms with Crippen LogP contribution in [0.1, 0.15) is 26.0 Å². The lowest BCUT2D eigenvalue weighted by Gasteiger charge is -2.21. The van der Waals surface area contributed by atoms with E-state index in [0.29, 0.717) is 5.69 Å². The van der Waals surface area contributed by atoms with E-state index in [9.17, 15) is 19.5 Å². The number of nitrogens with zero attached hydrogens (tertiary/aromatic N) is 1. The van der Waals surface area contributed by atoms with E-state index in [4.69, 9.17) is 5.11 Å². The SMILES string of the molecule is CC(C)C[C@H](NC(=O)[C@H](Cc1cnc[nH]1)NCC(=O)O)C(=O)O. The molecule has 23 heavy (non-hydrogen) atoms. The van der Waals surface area contributed by atoms with E-state index in [0.717, 1.165) is 0 Å². The van der Waals surface area contributed by atoms with Gasteiger partial charge < -0.3 is 20.5 Å². The van der Waals surface area contributed by atoms with Crippen LogP contribution in [-0.2, 0) is 20.8 Å². The van der Waals surface area contributed by atoms with Gasteiger partial charge in [0.05, 0.1) is 18.9 Å². The number of aliphatic carboxylic acids is 2. The van der Waals surface area contributed by atoms with Gasteiger partial charge in [-0.3, -0.25) is 14.9 Å². The van der Waals surface area contributed by atoms with Gasteiger partial charge >= 0.3 is 11.9 Å². The Balaban J connectivity index is 2.75. The van der Waals surface area contributed by atoms with Gasteiger partial charge in [0.2, 0.25) is 5.91 Å². The van der Waals surface area contributed by atoms with Crippen molar-refractivity contribution in [1.29, 1.82) is 0 Å². The first kappa shape index (κ1) is 18.6. The Morgan fingerprint density at radius 2 is 1.96 bits per heavy atom. The molecule has 0 saturated carbocycles. The van der Waals surface area contributed by atoms with E-state index in [1.54, 1.807) is 0 Å². The maximum Gasteiger partial charge on any atom is 0.326 e. The summed E-state index contributed by atoms with van der Waals surface area (Å²) in [5.74, 6) is -2.70. The minimum absolute atomic E-state index is 0.0921. The molecular weight excluding hydrogens is 304 g/mol. The molecule has 0 spiro atoms. The molecule has 2 atom stereocenters. The van der Waals surface area contributed by atoms with Crippen LogP contribution in [0.25, 0.3) is 0 Å². The number of aromatic nitrogens is 2. The fourth-order valence-electron chi connectivity index (χ4n) is 2.05. The first-order valence-corrected chi connectivity index (χ1v) is 7.25. The molecule has 1 aromatic rings. The second-order valence-corrected chi connectivity index (χ2v) is 5.64. The first-order chi connectivity index (χ1) is 10.8. The van der Waals surface area contributed by atoms with E-state index in [2.05, 4.69) is 20.6 Å². The van der Waals surface area contributed by atoms with Crippen molar-refractivity contribution in [2.24, 2.45) is 5.92 Å². The highest BCUT2D eigenvalue weighted by molar-refractivity contribution is 5.87. The zero-order valence-corrected chi connectivity index (χ0v) is 13.1. The molecule has 1 heterocycles. The summed E-state index contributed by atoms with van der Waals surface area (Å²) in [5.41, 5.74) is 0.638. The van der Waals surface area contributed by atoms with Gasteiger partial charge in [0, 0.05) is 18.3 Å². The van der Waals surface area contributed by atoms with Gasteiger partial charge in [0.15, 0.2) is 0 Å². The minimum Gasteiger partial charge on any atom is -0.480 e. The van der Waals surface area contributed by atoms with Gasteiger partial charge in [0.25, 0.3) is 0 Å². The molecule has 0 radical (unpaired) electrons. The highest BCUT2D eigenvalue weighted by atomic mass is 16.4. The summed E-state index contributed by atoms with van der Waals surface area (Å²) in [7, 11) is 0. The predicted molar refractivity (Wildman–Crippen MR) is 80.7 cm³/mol. The molecule has 128 valence electrons. The third kappa shape index (κ3) is 6.92. The molecule has 1 amide bonds. The minimum atomic E-state index is -1.12. The molecule has 0 aromatic carbocycles. The lowest BCUT2D eigenvalue weighted by atomic mass is 10.0. The number of imidazole rings is 1. The lowest BCUT2D eigenvalue weighted by molar-refractivity contribution is -0.143. The summed E-state index contributed by atoms with van der Waals surface area (Å²) in [5, 5.41) is 23.0. The van der Waals surface area contributed by atoms with Crippen LogP contribution in [0.4, 0.5) is 0 Å². The van der Waals surface area contributed by atoms with E-state index in [1.165, 1.54) is 12.5 Å². The average Bonchev–Trinajstić information content (AvgIpc) is 2.94. The topological polar surface area (TPSA) is 144 Å². The lowest BCUT2D eigenvalue weighted by Crippen LogP contribution is -2.52. The molecule has 1 rings (SSSR count). The molecule has 0 saturated heterocycles. The molecule has 0 bridgehead atoms. The van der Waals surface area contributed by atoms with E-state index < -0.39 is 36.5 Å². The summed E-state index contributed by atoms with van der Waals surface area (Å²) < 4.78 is 0. The van der Waals surface area contributed by atoms with Gasteiger partial charge in [-0.15, -0.1) is 0 Å². The standard InChI is InChI=1S/C14H22N4O5/c1-8(2)3-11(14(22)23)18-13(21)10(16-6-12(19)20)4-9-5-15-7-17-9/h5,7-8,10-11,16H,3-4,6H2,1-2H3,(H,15,17)(H,18,21)(H,19,20)(H,22,23)/t10-,11-/m0/s1. The van der Waals surface area contributed by atoms with Crippen molar-refractivity contribution in [3.8, 4) is 0 Å². The van der Waals surface area contributed by atoms with Crippen LogP contribution in [0, 0.1) is 5.92 Å². The van der Waals surface area contributed by atoms with Crippen LogP contribution < -0.4 is 10.6 Å². The number of carboxylic acid groups (broad SMARTS) is 2. The van der Waals surface area contributed by atoms with Gasteiger partial charge in [-0.25, -0.2) is 9.78 Å². The zero-order chi connectivity index (χ0) is 17.4. The van der Waals surface area contributed by atoms with Crippen molar-refractivity contribution in [3.05, 3.63) is 18.2 Å². The number of hydrogen-bond acceptors (Lipinski definition) is 5. The number of carbonyl (C=O) groups excluding carboxylic acids is 1. The second kappa shape index (κ2) is 8.89. The fourth-order valence-corrected chi connectivity index (χ4v) is 2.05. The maximum absolute atomic E-state index is 12.3. The number of aromatic amines is 1. The van der Waals surface area contributed by atoms with Crippen molar-refractivity contribution in [2.45, 2.75) is 38.8 Å². The molecule has 0 aliphatic carbocycles. The van der Waals surface area contributed by atoms with Crippen molar-refractivity contribution < 1.29 is 24.6 Å². The summed E-state index contributed by atoms with van der Waals surface area (Å²) in [6.45, 7) is 3.30. The second-order valence-electron chi connectivity index (χ2n) is 5.64. The molecule has 0 aliphatic rings. The van der Waals surface area contributed by atoms with Gasteiger partial charge in [0.1, 0.15) is 6.04 Å². The maximum atomic E-state index is 12.3. The quantitative estimate of drug-likeness (QED) is 0.394. The summed E-state index contributed by atoms with van der Waals surface area (Å²) >= 11 is 0. The normalized spacial score (nSPS) is 13.5. The van der Waals surface area contributed by atoms with Gasteiger partial charge in [-0.1, -0.05) is 13.8 Å². The summed E-state index contributed by atoms with van der Waals surface area (Å²) in [6, 6.07) is -1.89. The van der Waals surface area contributed by atoms with E-state index in [1.807, 2.05) is 13.8 Å². The molecular formula is C14H22N4O5. The summed E-state index contributed by atoms with van der Waals surface area (Å²) in [6.07, 6.45) is 3.43. The predicted octanol–water partition coefficient (Wildman–Crippen LogP) is -0.389. The number of carboxylic acids is 2. The van der Waals surface area contributed by atoms with Crippen molar-refractivity contribution >= 4 is 17.8 Å². The van der Waals surface area contributed by atoms with E-state index >= 15 is 0 Å². The Morgan fingerprint density at radius 3 is 2.43 bits per heavy atom. The number of H-pyrrole nitrogens is 1. The number of hydrogen-bond donors (Lipinski definition) is 5. The van der Waals surface area contributed by atoms with Crippen LogP contribution in [0.3, 0.4) is 0 Å². The number of rotatable bonds is 10. The third-order valence-corrected chi connectivity index (χ3v) is 3.12. The highest BCUT2D eigenvalue weighted by Gasteiger charge is 2.26. The molecule has 0 aliphatic heterocycles. The number of nitrogens with one attached hydrogen (secondary N) is 3. The smallest absolute Gasteiger partial charge is 0.326 e. The van der Waals surface area contributed by atoms with Crippen LogP contribution >= 0.6 is 0 Å². The van der Waals surface area contributed by atoms with Crippen LogP contribution in [0.2, 0.25) is 0 Å². The Labute approximate surface area is 133 Å². The number of carbonyl (C=O) groups is 3. The summed E-state index contributed by atoms with van der Waals surface area (Å²) in [4.78, 5) is 40.9. The fraction of sp³-hybridized carbons (Fsp3) is 0.571. The monoisotopic (exact) mass is 326 g/mol.